The maximum Gasteiger partial charge on any atom is 0.295 e. The van der Waals surface area contributed by atoms with Gasteiger partial charge in [-0.25, -0.2) is 0 Å². The van der Waals surface area contributed by atoms with E-state index in [0.29, 0.717) is 45.9 Å². The molecule has 1 unspecified atom stereocenters. The van der Waals surface area contributed by atoms with Crippen LogP contribution in [-0.4, -0.2) is 49.4 Å². The summed E-state index contributed by atoms with van der Waals surface area (Å²) in [6, 6.07) is 12.0. The molecule has 1 atom stereocenters. The van der Waals surface area contributed by atoms with Crippen molar-refractivity contribution in [3.63, 3.8) is 0 Å². The van der Waals surface area contributed by atoms with Crippen LogP contribution >= 0.6 is 11.6 Å². The van der Waals surface area contributed by atoms with Gasteiger partial charge in [-0.2, -0.15) is 20.0 Å². The predicted octanol–water partition coefficient (Wildman–Crippen LogP) is 4.87. The number of halogens is 1. The lowest BCUT2D eigenvalue weighted by molar-refractivity contribution is 0.00135. The Morgan fingerprint density at radius 3 is 2.71 bits per heavy atom. The highest BCUT2D eigenvalue weighted by atomic mass is 35.5. The van der Waals surface area contributed by atoms with E-state index in [2.05, 4.69) is 25.4 Å². The number of hydrogen-bond donors (Lipinski definition) is 1. The van der Waals surface area contributed by atoms with Crippen LogP contribution in [-0.2, 0) is 0 Å². The zero-order valence-electron chi connectivity index (χ0n) is 18.8. The van der Waals surface area contributed by atoms with Gasteiger partial charge in [0.2, 0.25) is 0 Å². The highest BCUT2D eigenvalue weighted by Gasteiger charge is 2.44. The zero-order chi connectivity index (χ0) is 23.2. The second kappa shape index (κ2) is 8.43. The summed E-state index contributed by atoms with van der Waals surface area (Å²) in [7, 11) is 0. The van der Waals surface area contributed by atoms with Crippen LogP contribution in [0.2, 0.25) is 5.02 Å². The van der Waals surface area contributed by atoms with Gasteiger partial charge >= 0.3 is 0 Å². The van der Waals surface area contributed by atoms with Gasteiger partial charge in [0, 0.05) is 17.6 Å². The molecule has 2 aromatic carbocycles. The fourth-order valence-corrected chi connectivity index (χ4v) is 5.65. The molecule has 8 nitrogen and oxygen atoms in total. The van der Waals surface area contributed by atoms with Gasteiger partial charge in [-0.1, -0.05) is 23.2 Å². The molecule has 1 saturated carbocycles. The molecule has 2 bridgehead atoms. The molecule has 4 heterocycles. The Bertz CT molecular complexity index is 1340. The Balaban J connectivity index is 1.30. The molecule has 2 aromatic heterocycles. The number of fused-ring (bicyclic) bond motifs is 4. The predicted molar refractivity (Wildman–Crippen MR) is 129 cm³/mol. The molecule has 174 valence electrons. The van der Waals surface area contributed by atoms with Crippen molar-refractivity contribution >= 4 is 34.6 Å². The van der Waals surface area contributed by atoms with Crippen molar-refractivity contribution in [1.82, 2.24) is 24.9 Å². The molecule has 1 N–H and O–H groups in total. The first kappa shape index (κ1) is 21.2. The lowest BCUT2D eigenvalue weighted by Gasteiger charge is -2.51. The van der Waals surface area contributed by atoms with Crippen molar-refractivity contribution < 1.29 is 9.21 Å². The smallest absolute Gasteiger partial charge is 0.295 e. The topological polar surface area (TPSA) is 89.1 Å². The van der Waals surface area contributed by atoms with E-state index in [-0.39, 0.29) is 18.0 Å². The molecule has 34 heavy (non-hydrogen) atoms. The fourth-order valence-electron chi connectivity index (χ4n) is 5.49. The minimum absolute atomic E-state index is 0.0292. The zero-order valence-corrected chi connectivity index (χ0v) is 19.6. The van der Waals surface area contributed by atoms with E-state index in [4.69, 9.17) is 16.0 Å². The molecular formula is C25H25ClN6O2. The van der Waals surface area contributed by atoms with E-state index < -0.39 is 0 Å². The number of carbonyl (C=O) groups excluding carboxylic acids is 1. The first-order valence-corrected chi connectivity index (χ1v) is 12.0. The Labute approximate surface area is 201 Å². The van der Waals surface area contributed by atoms with Crippen LogP contribution in [0.5, 0.6) is 0 Å². The molecule has 2 aliphatic heterocycles. The third-order valence-corrected chi connectivity index (χ3v) is 7.33. The summed E-state index contributed by atoms with van der Waals surface area (Å²) < 4.78 is 5.85. The van der Waals surface area contributed by atoms with Gasteiger partial charge in [0.25, 0.3) is 11.9 Å². The van der Waals surface area contributed by atoms with E-state index in [0.717, 1.165) is 31.2 Å². The molecule has 1 amide bonds. The summed E-state index contributed by atoms with van der Waals surface area (Å²) >= 11 is 6.09. The molecule has 7 rings (SSSR count). The van der Waals surface area contributed by atoms with Crippen molar-refractivity contribution in [2.45, 2.75) is 44.7 Å². The maximum absolute atomic E-state index is 14.0. The number of aromatic nitrogens is 4. The Hall–Kier alpha value is -3.39. The van der Waals surface area contributed by atoms with Gasteiger partial charge in [-0.3, -0.25) is 4.79 Å². The molecule has 0 spiro atoms. The Morgan fingerprint density at radius 2 is 1.91 bits per heavy atom. The van der Waals surface area contributed by atoms with Crippen molar-refractivity contribution in [3.8, 4) is 5.69 Å². The van der Waals surface area contributed by atoms with Gasteiger partial charge in [0.1, 0.15) is 5.52 Å². The number of rotatable bonds is 5. The van der Waals surface area contributed by atoms with Gasteiger partial charge in [0.05, 0.1) is 29.7 Å². The third-order valence-electron chi connectivity index (χ3n) is 7.10. The Kier molecular flexibility index (Phi) is 5.25. The first-order valence-electron chi connectivity index (χ1n) is 11.7. The lowest BCUT2D eigenvalue weighted by atomic mass is 9.74. The lowest BCUT2D eigenvalue weighted by Crippen LogP contribution is -2.59. The highest BCUT2D eigenvalue weighted by molar-refractivity contribution is 6.31. The van der Waals surface area contributed by atoms with Crippen molar-refractivity contribution in [3.05, 3.63) is 64.9 Å². The molecule has 9 heteroatoms. The molecular weight excluding hydrogens is 452 g/mol. The van der Waals surface area contributed by atoms with Crippen molar-refractivity contribution in [1.29, 1.82) is 0 Å². The summed E-state index contributed by atoms with van der Waals surface area (Å²) in [6.45, 7) is 2.58. The number of amides is 1. The number of nitrogens with zero attached hydrogens (tertiary/aromatic N) is 5. The quantitative estimate of drug-likeness (QED) is 0.442. The number of nitrogens with one attached hydrogen (secondary N) is 1. The van der Waals surface area contributed by atoms with Crippen molar-refractivity contribution in [2.75, 3.05) is 11.9 Å². The fraction of sp³-hybridized carbons (Fsp3) is 0.360. The molecule has 1 aliphatic carbocycles. The van der Waals surface area contributed by atoms with E-state index in [1.165, 1.54) is 4.80 Å². The number of aryl methyl sites for hydroxylation is 1. The average Bonchev–Trinajstić information content (AvgIpc) is 3.52. The van der Waals surface area contributed by atoms with Crippen LogP contribution in [0.25, 0.3) is 16.8 Å². The van der Waals surface area contributed by atoms with Crippen molar-refractivity contribution in [2.24, 2.45) is 5.92 Å². The third kappa shape index (κ3) is 3.72. The van der Waals surface area contributed by atoms with Crippen LogP contribution in [0.1, 0.15) is 41.6 Å². The number of carbonyl (C=O) groups is 1. The number of benzene rings is 2. The summed E-state index contributed by atoms with van der Waals surface area (Å²) in [5, 5.41) is 12.5. The molecule has 4 aromatic rings. The molecule has 3 fully saturated rings. The minimum Gasteiger partial charge on any atom is -0.424 e. The van der Waals surface area contributed by atoms with E-state index in [1.54, 1.807) is 24.5 Å². The summed E-state index contributed by atoms with van der Waals surface area (Å²) in [5.41, 5.74) is 3.75. The second-order valence-electron chi connectivity index (χ2n) is 9.20. The largest absolute Gasteiger partial charge is 0.424 e. The standard InChI is InChI=1S/C25H25ClN6O2/c1-15-2-8-21(32-28-10-11-29-32)19(12-15)24(33)31-18-6-3-16(4-7-18)22(31)14-27-25-30-20-13-17(26)5-9-23(20)34-25/h2,5,8-13,16,18,22H,3-4,6-7,14H2,1H3,(H,27,30). The summed E-state index contributed by atoms with van der Waals surface area (Å²) in [6.07, 6.45) is 7.58. The number of hydrogen-bond acceptors (Lipinski definition) is 6. The normalized spacial score (nSPS) is 21.8. The minimum atomic E-state index is 0.0292. The average molecular weight is 477 g/mol. The van der Waals surface area contributed by atoms with Gasteiger partial charge in [0.15, 0.2) is 5.58 Å². The van der Waals surface area contributed by atoms with Crippen LogP contribution in [0, 0.1) is 12.8 Å². The van der Waals surface area contributed by atoms with Gasteiger partial charge < -0.3 is 14.6 Å². The van der Waals surface area contributed by atoms with Crippen LogP contribution in [0.15, 0.2) is 53.2 Å². The maximum atomic E-state index is 14.0. The monoisotopic (exact) mass is 476 g/mol. The van der Waals surface area contributed by atoms with E-state index in [1.807, 2.05) is 31.2 Å². The van der Waals surface area contributed by atoms with Crippen LogP contribution < -0.4 is 5.32 Å². The molecule has 2 saturated heterocycles. The molecule has 0 radical (unpaired) electrons. The highest BCUT2D eigenvalue weighted by Crippen LogP contribution is 2.41. The number of piperidine rings is 2. The summed E-state index contributed by atoms with van der Waals surface area (Å²) in [4.78, 5) is 22.2. The van der Waals surface area contributed by atoms with Gasteiger partial charge in [-0.15, -0.1) is 0 Å². The SMILES string of the molecule is Cc1ccc(-n2nccn2)c(C(=O)N2C3CCC(CC3)C2CNc2nc3cc(Cl)ccc3o2)c1. The number of anilines is 1. The summed E-state index contributed by atoms with van der Waals surface area (Å²) in [5.74, 6) is 0.470. The van der Waals surface area contributed by atoms with E-state index in [9.17, 15) is 4.79 Å². The van der Waals surface area contributed by atoms with Crippen LogP contribution in [0.3, 0.4) is 0 Å². The number of oxazole rings is 1. The Morgan fingerprint density at radius 1 is 1.12 bits per heavy atom. The first-order chi connectivity index (χ1) is 16.6. The second-order valence-corrected chi connectivity index (χ2v) is 9.64. The molecule has 3 aliphatic rings. The van der Waals surface area contributed by atoms with Crippen LogP contribution in [0.4, 0.5) is 6.01 Å². The van der Waals surface area contributed by atoms with E-state index >= 15 is 0 Å². The van der Waals surface area contributed by atoms with Gasteiger partial charge in [-0.05, 0) is 68.9 Å².